The van der Waals surface area contributed by atoms with Crippen molar-refractivity contribution in [2.24, 2.45) is 0 Å². The van der Waals surface area contributed by atoms with Gasteiger partial charge in [0.2, 0.25) is 0 Å². The highest BCUT2D eigenvalue weighted by molar-refractivity contribution is 7.12. The third-order valence-corrected chi connectivity index (χ3v) is 9.90. The molecule has 198 valence electrons. The summed E-state index contributed by atoms with van der Waals surface area (Å²) in [5, 5.41) is 4.14. The number of benzene rings is 4. The Hall–Kier alpha value is -4.90. The molecule has 2 aliphatic rings. The third kappa shape index (κ3) is 3.69. The zero-order valence-electron chi connectivity index (χ0n) is 22.3. The van der Waals surface area contributed by atoms with Crippen LogP contribution in [0.3, 0.4) is 0 Å². The number of hydrogen-bond acceptors (Lipinski definition) is 4. The molecule has 0 bridgehead atoms. The van der Waals surface area contributed by atoms with Gasteiger partial charge in [0.05, 0.1) is 0 Å². The number of thiophene rings is 2. The van der Waals surface area contributed by atoms with Crippen LogP contribution in [-0.4, -0.2) is 11.6 Å². The first-order valence-corrected chi connectivity index (χ1v) is 15.5. The molecule has 4 heteroatoms. The summed E-state index contributed by atoms with van der Waals surface area (Å²) in [7, 11) is 0. The minimum Gasteiger partial charge on any atom is -0.289 e. The predicted octanol–water partition coefficient (Wildman–Crippen LogP) is 9.84. The van der Waals surface area contributed by atoms with E-state index >= 15 is 0 Å². The van der Waals surface area contributed by atoms with E-state index in [4.69, 9.17) is 0 Å². The van der Waals surface area contributed by atoms with E-state index in [0.717, 1.165) is 54.3 Å². The summed E-state index contributed by atoms with van der Waals surface area (Å²) < 4.78 is 0. The molecule has 0 saturated heterocycles. The summed E-state index contributed by atoms with van der Waals surface area (Å²) in [6.07, 6.45) is 0. The first-order chi connectivity index (χ1) is 20.7. The van der Waals surface area contributed by atoms with Crippen LogP contribution in [0.1, 0.15) is 41.6 Å². The maximum atomic E-state index is 14.9. The van der Waals surface area contributed by atoms with Crippen LogP contribution in [0, 0.1) is 0 Å². The van der Waals surface area contributed by atoms with E-state index in [9.17, 15) is 9.59 Å². The van der Waals surface area contributed by atoms with Crippen LogP contribution in [-0.2, 0) is 0 Å². The number of carbonyl (C=O) groups excluding carboxylic acids is 2. The standard InChI is InChI=1S/C38H22O2S2/c39-35(23-11-3-1-4-12-23)33(31-27-17-9-7-15-25(27)29-19-21-41-37(29)31)34(36(40)24-13-5-2-6-14-24)32-28-18-10-8-16-26(28)30-20-22-42-38(30)32/h1-22H/b33-31+,34-32+. The molecule has 8 rings (SSSR count). The number of Topliss-reactive ketones (excluding diaryl/α,β-unsaturated/α-hetero) is 2. The Morgan fingerprint density at radius 3 is 1.14 bits per heavy atom. The van der Waals surface area contributed by atoms with E-state index in [0.29, 0.717) is 22.3 Å². The quantitative estimate of drug-likeness (QED) is 0.151. The zero-order valence-corrected chi connectivity index (χ0v) is 24.0. The van der Waals surface area contributed by atoms with Gasteiger partial charge in [-0.15, -0.1) is 22.7 Å². The molecule has 2 aliphatic carbocycles. The van der Waals surface area contributed by atoms with Crippen molar-refractivity contribution in [3.8, 4) is 22.3 Å². The molecule has 0 spiro atoms. The van der Waals surface area contributed by atoms with Crippen molar-refractivity contribution in [1.82, 2.24) is 0 Å². The molecule has 0 atom stereocenters. The summed E-state index contributed by atoms with van der Waals surface area (Å²) >= 11 is 3.23. The molecule has 0 N–H and O–H groups in total. The Kier molecular flexibility index (Phi) is 5.85. The van der Waals surface area contributed by atoms with Crippen molar-refractivity contribution in [3.63, 3.8) is 0 Å². The molecule has 0 aliphatic heterocycles. The Labute approximate surface area is 251 Å². The van der Waals surface area contributed by atoms with Gasteiger partial charge in [-0.3, -0.25) is 9.59 Å². The largest absolute Gasteiger partial charge is 0.289 e. The van der Waals surface area contributed by atoms with Crippen molar-refractivity contribution >= 4 is 45.4 Å². The lowest BCUT2D eigenvalue weighted by Gasteiger charge is -2.19. The molecule has 0 saturated carbocycles. The lowest BCUT2D eigenvalue weighted by Crippen LogP contribution is -2.17. The molecule has 2 nitrogen and oxygen atoms in total. The fraction of sp³-hybridized carbons (Fsp3) is 0. The normalized spacial score (nSPS) is 15.0. The number of carbonyl (C=O) groups is 2. The maximum Gasteiger partial charge on any atom is 0.194 e. The lowest BCUT2D eigenvalue weighted by molar-refractivity contribution is 0.0998. The first kappa shape index (κ1) is 24.9. The topological polar surface area (TPSA) is 34.1 Å². The molecule has 4 aromatic carbocycles. The summed E-state index contributed by atoms with van der Waals surface area (Å²) in [5.41, 5.74) is 10.0. The zero-order chi connectivity index (χ0) is 28.2. The summed E-state index contributed by atoms with van der Waals surface area (Å²) in [4.78, 5) is 31.9. The van der Waals surface area contributed by atoms with Crippen LogP contribution in [0.15, 0.2) is 143 Å². The SMILES string of the molecule is O=C(C(/C(C(=O)c1ccccc1)=C1/c2ccccc2-c2ccsc21)=C1\c2ccccc2-c2ccsc21)c1ccccc1. The molecule has 2 heterocycles. The van der Waals surface area contributed by atoms with Crippen LogP contribution < -0.4 is 0 Å². The maximum absolute atomic E-state index is 14.9. The Morgan fingerprint density at radius 2 is 0.738 bits per heavy atom. The van der Waals surface area contributed by atoms with Crippen molar-refractivity contribution < 1.29 is 9.59 Å². The average molecular weight is 575 g/mol. The van der Waals surface area contributed by atoms with Crippen molar-refractivity contribution in [2.45, 2.75) is 0 Å². The second-order valence-corrected chi connectivity index (χ2v) is 12.1. The second kappa shape index (κ2) is 9.88. The van der Waals surface area contributed by atoms with E-state index in [1.807, 2.05) is 84.9 Å². The number of ketones is 2. The van der Waals surface area contributed by atoms with Gasteiger partial charge in [-0.05, 0) is 45.1 Å². The van der Waals surface area contributed by atoms with Crippen molar-refractivity contribution in [1.29, 1.82) is 0 Å². The number of rotatable bonds is 5. The van der Waals surface area contributed by atoms with Gasteiger partial charge >= 0.3 is 0 Å². The molecule has 6 aromatic rings. The Morgan fingerprint density at radius 1 is 0.381 bits per heavy atom. The minimum atomic E-state index is -0.157. The molecule has 2 aromatic heterocycles. The van der Waals surface area contributed by atoms with Crippen LogP contribution in [0.25, 0.3) is 33.4 Å². The van der Waals surface area contributed by atoms with Gasteiger partial charge in [0, 0.05) is 54.3 Å². The van der Waals surface area contributed by atoms with Gasteiger partial charge in [0.1, 0.15) is 0 Å². The van der Waals surface area contributed by atoms with Crippen molar-refractivity contribution in [3.05, 3.63) is 175 Å². The Balaban J connectivity index is 1.56. The number of hydrogen-bond donors (Lipinski definition) is 0. The van der Waals surface area contributed by atoms with Gasteiger partial charge in [-0.25, -0.2) is 0 Å². The van der Waals surface area contributed by atoms with Gasteiger partial charge in [-0.1, -0.05) is 109 Å². The third-order valence-electron chi connectivity index (χ3n) is 8.03. The smallest absolute Gasteiger partial charge is 0.194 e. The lowest BCUT2D eigenvalue weighted by atomic mass is 9.82. The predicted molar refractivity (Wildman–Crippen MR) is 173 cm³/mol. The van der Waals surface area contributed by atoms with Gasteiger partial charge < -0.3 is 0 Å². The van der Waals surface area contributed by atoms with Gasteiger partial charge in [0.25, 0.3) is 0 Å². The van der Waals surface area contributed by atoms with Crippen molar-refractivity contribution in [2.75, 3.05) is 0 Å². The van der Waals surface area contributed by atoms with E-state index in [1.165, 1.54) is 0 Å². The fourth-order valence-corrected chi connectivity index (χ4v) is 8.16. The van der Waals surface area contributed by atoms with E-state index in [1.54, 1.807) is 22.7 Å². The van der Waals surface area contributed by atoms with E-state index < -0.39 is 0 Å². The number of allylic oxidation sites excluding steroid dienone is 2. The highest BCUT2D eigenvalue weighted by Gasteiger charge is 2.38. The van der Waals surface area contributed by atoms with Gasteiger partial charge in [0.15, 0.2) is 11.6 Å². The van der Waals surface area contributed by atoms with Crippen LogP contribution in [0.5, 0.6) is 0 Å². The van der Waals surface area contributed by atoms with Crippen LogP contribution in [0.2, 0.25) is 0 Å². The molecule has 0 unspecified atom stereocenters. The van der Waals surface area contributed by atoms with Crippen LogP contribution >= 0.6 is 22.7 Å². The highest BCUT2D eigenvalue weighted by Crippen LogP contribution is 2.54. The molecule has 0 radical (unpaired) electrons. The summed E-state index contributed by atoms with van der Waals surface area (Å²) in [6.45, 7) is 0. The molecule has 0 amide bonds. The molecular weight excluding hydrogens is 553 g/mol. The fourth-order valence-electron chi connectivity index (χ4n) is 6.21. The van der Waals surface area contributed by atoms with Crippen LogP contribution in [0.4, 0.5) is 0 Å². The molecular formula is C38H22O2S2. The van der Waals surface area contributed by atoms with E-state index in [-0.39, 0.29) is 11.6 Å². The van der Waals surface area contributed by atoms with Gasteiger partial charge in [-0.2, -0.15) is 0 Å². The summed E-state index contributed by atoms with van der Waals surface area (Å²) in [6, 6.07) is 39.4. The first-order valence-electron chi connectivity index (χ1n) is 13.8. The monoisotopic (exact) mass is 574 g/mol. The molecule has 0 fully saturated rings. The highest BCUT2D eigenvalue weighted by atomic mass is 32.1. The Bertz CT molecular complexity index is 1950. The molecule has 42 heavy (non-hydrogen) atoms. The summed E-state index contributed by atoms with van der Waals surface area (Å²) in [5.74, 6) is -0.313. The minimum absolute atomic E-state index is 0.157. The second-order valence-electron chi connectivity index (χ2n) is 10.3. The average Bonchev–Trinajstić information content (AvgIpc) is 3.83. The number of fused-ring (bicyclic) bond motifs is 6. The van der Waals surface area contributed by atoms with E-state index in [2.05, 4.69) is 47.2 Å².